The summed E-state index contributed by atoms with van der Waals surface area (Å²) in [4.78, 5) is 0. The molecular weight excluding hydrogens is 426 g/mol. The van der Waals surface area contributed by atoms with Gasteiger partial charge in [0.05, 0.1) is 19.0 Å². The molecule has 0 unspecified atom stereocenters. The lowest BCUT2D eigenvalue weighted by Crippen LogP contribution is -2.57. The lowest BCUT2D eigenvalue weighted by molar-refractivity contribution is -0.659. The number of hydrogen-bond donors (Lipinski definition) is 0. The molecule has 34 heavy (non-hydrogen) atoms. The number of aromatic nitrogens is 1. The molecule has 0 radical (unpaired) electrons. The van der Waals surface area contributed by atoms with Crippen molar-refractivity contribution in [3.63, 3.8) is 0 Å². The SMILES string of the molecule is CCc1cc(-c2c3ccc([Si](C)(C)C(C)(C)c4ccccc4)cc3cc[n+]2C)c(C)c(C)c1C. The van der Waals surface area contributed by atoms with Crippen LogP contribution in [0.5, 0.6) is 0 Å². The minimum Gasteiger partial charge on any atom is -0.200 e. The first-order valence-corrected chi connectivity index (χ1v) is 15.6. The fourth-order valence-electron chi connectivity index (χ4n) is 5.40. The summed E-state index contributed by atoms with van der Waals surface area (Å²) < 4.78 is 2.30. The van der Waals surface area contributed by atoms with Crippen LogP contribution in [-0.4, -0.2) is 8.07 Å². The van der Waals surface area contributed by atoms with E-state index in [0.717, 1.165) is 6.42 Å². The maximum atomic E-state index is 2.52. The number of hydrogen-bond acceptors (Lipinski definition) is 0. The third-order valence-corrected chi connectivity index (χ3v) is 14.1. The van der Waals surface area contributed by atoms with Crippen LogP contribution in [0.15, 0.2) is 66.9 Å². The van der Waals surface area contributed by atoms with Crippen molar-refractivity contribution < 1.29 is 4.57 Å². The zero-order valence-corrected chi connectivity index (χ0v) is 23.5. The molecule has 3 aromatic carbocycles. The van der Waals surface area contributed by atoms with Gasteiger partial charge in [0.25, 0.3) is 0 Å². The van der Waals surface area contributed by atoms with Crippen LogP contribution in [0.3, 0.4) is 0 Å². The molecule has 0 aliphatic heterocycles. The maximum Gasteiger partial charge on any atom is 0.220 e. The molecule has 2 heteroatoms. The number of pyridine rings is 1. The number of nitrogens with zero attached hydrogens (tertiary/aromatic N) is 1. The summed E-state index contributed by atoms with van der Waals surface area (Å²) in [5.74, 6) is 0. The van der Waals surface area contributed by atoms with Crippen molar-refractivity contribution in [2.75, 3.05) is 0 Å². The number of aryl methyl sites for hydroxylation is 2. The maximum absolute atomic E-state index is 2.52. The highest BCUT2D eigenvalue weighted by Gasteiger charge is 2.41. The smallest absolute Gasteiger partial charge is 0.200 e. The minimum absolute atomic E-state index is 0.130. The molecule has 4 aromatic rings. The van der Waals surface area contributed by atoms with Crippen LogP contribution >= 0.6 is 0 Å². The van der Waals surface area contributed by atoms with Gasteiger partial charge in [-0.05, 0) is 77.6 Å². The second kappa shape index (κ2) is 8.81. The Morgan fingerprint density at radius 3 is 2.15 bits per heavy atom. The van der Waals surface area contributed by atoms with Crippen molar-refractivity contribution >= 4 is 24.0 Å². The lowest BCUT2D eigenvalue weighted by Gasteiger charge is -2.41. The highest BCUT2D eigenvalue weighted by molar-refractivity contribution is 6.92. The summed E-state index contributed by atoms with van der Waals surface area (Å²) in [7, 11) is 0.356. The van der Waals surface area contributed by atoms with Crippen LogP contribution in [0.4, 0.5) is 0 Å². The Bertz CT molecular complexity index is 1360. The van der Waals surface area contributed by atoms with Crippen LogP contribution in [0.2, 0.25) is 13.1 Å². The van der Waals surface area contributed by atoms with Gasteiger partial charge in [-0.3, -0.25) is 0 Å². The topological polar surface area (TPSA) is 3.88 Å². The van der Waals surface area contributed by atoms with E-state index >= 15 is 0 Å². The zero-order chi connectivity index (χ0) is 24.8. The standard InChI is InChI=1S/C32H40NSi/c1-10-25-21-30(24(4)22(2)23(25)3)31-29-17-16-28(20-26(29)18-19-33(31)7)34(8,9)32(5,6)27-14-12-11-13-15-27/h11-21H,10H2,1-9H3/q+1. The Hall–Kier alpha value is -2.71. The highest BCUT2D eigenvalue weighted by atomic mass is 28.3. The van der Waals surface area contributed by atoms with Gasteiger partial charge in [-0.25, -0.2) is 4.57 Å². The van der Waals surface area contributed by atoms with E-state index in [1.165, 1.54) is 55.0 Å². The quantitative estimate of drug-likeness (QED) is 0.215. The second-order valence-electron chi connectivity index (χ2n) is 11.0. The Morgan fingerprint density at radius 1 is 0.824 bits per heavy atom. The van der Waals surface area contributed by atoms with Gasteiger partial charge in [0.2, 0.25) is 5.69 Å². The van der Waals surface area contributed by atoms with Gasteiger partial charge < -0.3 is 0 Å². The van der Waals surface area contributed by atoms with E-state index in [0.29, 0.717) is 0 Å². The molecule has 0 spiro atoms. The first-order chi connectivity index (χ1) is 16.0. The monoisotopic (exact) mass is 466 g/mol. The molecule has 176 valence electrons. The van der Waals surface area contributed by atoms with Gasteiger partial charge in [0, 0.05) is 6.07 Å². The van der Waals surface area contributed by atoms with Crippen LogP contribution in [0, 0.1) is 20.8 Å². The van der Waals surface area contributed by atoms with E-state index < -0.39 is 8.07 Å². The first kappa shape index (κ1) is 24.4. The normalized spacial score (nSPS) is 12.4. The molecule has 0 aliphatic carbocycles. The van der Waals surface area contributed by atoms with Gasteiger partial charge in [-0.2, -0.15) is 0 Å². The molecule has 0 atom stereocenters. The van der Waals surface area contributed by atoms with Crippen LogP contribution < -0.4 is 9.75 Å². The minimum atomic E-state index is -1.82. The Labute approximate surface area is 207 Å². The molecule has 0 bridgehead atoms. The molecule has 0 N–H and O–H groups in total. The predicted octanol–water partition coefficient (Wildman–Crippen LogP) is 7.25. The van der Waals surface area contributed by atoms with Gasteiger partial charge in [-0.15, -0.1) is 0 Å². The summed E-state index contributed by atoms with van der Waals surface area (Å²) in [6.07, 6.45) is 3.30. The van der Waals surface area contributed by atoms with E-state index in [4.69, 9.17) is 0 Å². The fourth-order valence-corrected chi connectivity index (χ4v) is 8.03. The van der Waals surface area contributed by atoms with Crippen molar-refractivity contribution in [1.82, 2.24) is 0 Å². The number of fused-ring (bicyclic) bond motifs is 1. The molecule has 0 amide bonds. The molecule has 0 fully saturated rings. The zero-order valence-electron chi connectivity index (χ0n) is 22.5. The average Bonchev–Trinajstić information content (AvgIpc) is 2.83. The van der Waals surface area contributed by atoms with Crippen molar-refractivity contribution in [2.24, 2.45) is 7.05 Å². The van der Waals surface area contributed by atoms with E-state index in [9.17, 15) is 0 Å². The van der Waals surface area contributed by atoms with Crippen molar-refractivity contribution in [1.29, 1.82) is 0 Å². The highest BCUT2D eigenvalue weighted by Crippen LogP contribution is 2.36. The Balaban J connectivity index is 1.91. The summed E-state index contributed by atoms with van der Waals surface area (Å²) in [6.45, 7) is 19.0. The molecule has 1 aromatic heterocycles. The van der Waals surface area contributed by atoms with E-state index in [2.05, 4.69) is 133 Å². The van der Waals surface area contributed by atoms with Crippen molar-refractivity contribution in [2.45, 2.75) is 66.1 Å². The van der Waals surface area contributed by atoms with Gasteiger partial charge in [0.1, 0.15) is 7.05 Å². The predicted molar refractivity (Wildman–Crippen MR) is 151 cm³/mol. The van der Waals surface area contributed by atoms with Gasteiger partial charge in [0.15, 0.2) is 6.20 Å². The fraction of sp³-hybridized carbons (Fsp3) is 0.344. The van der Waals surface area contributed by atoms with E-state index in [1.54, 1.807) is 0 Å². The molecule has 1 heterocycles. The number of rotatable bonds is 5. The molecule has 1 nitrogen and oxygen atoms in total. The number of benzene rings is 3. The van der Waals surface area contributed by atoms with Crippen LogP contribution in [0.25, 0.3) is 22.0 Å². The first-order valence-electron chi connectivity index (χ1n) is 12.6. The van der Waals surface area contributed by atoms with Crippen molar-refractivity contribution in [3.05, 3.63) is 94.7 Å². The molecule has 0 aliphatic rings. The third kappa shape index (κ3) is 3.82. The molecule has 4 rings (SSSR count). The van der Waals surface area contributed by atoms with Crippen LogP contribution in [0.1, 0.15) is 48.6 Å². The summed E-state index contributed by atoms with van der Waals surface area (Å²) in [5.41, 5.74) is 9.81. The summed E-state index contributed by atoms with van der Waals surface area (Å²) >= 11 is 0. The van der Waals surface area contributed by atoms with Gasteiger partial charge >= 0.3 is 0 Å². The van der Waals surface area contributed by atoms with E-state index in [1.807, 2.05) is 0 Å². The largest absolute Gasteiger partial charge is 0.220 e. The summed E-state index contributed by atoms with van der Waals surface area (Å²) in [5, 5.41) is 4.32. The third-order valence-electron chi connectivity index (χ3n) is 8.88. The Kier molecular flexibility index (Phi) is 6.33. The lowest BCUT2D eigenvalue weighted by atomic mass is 9.90. The molecular formula is C32H40NSi+. The average molecular weight is 467 g/mol. The van der Waals surface area contributed by atoms with E-state index in [-0.39, 0.29) is 5.04 Å². The summed E-state index contributed by atoms with van der Waals surface area (Å²) in [6, 6.07) is 23.0. The van der Waals surface area contributed by atoms with Gasteiger partial charge in [-0.1, -0.05) is 81.5 Å². The molecule has 0 saturated carbocycles. The van der Waals surface area contributed by atoms with Crippen molar-refractivity contribution in [3.8, 4) is 11.3 Å². The Morgan fingerprint density at radius 2 is 1.50 bits per heavy atom. The van der Waals surface area contributed by atoms with Crippen LogP contribution in [-0.2, 0) is 18.5 Å². The molecule has 0 saturated heterocycles. The second-order valence-corrected chi connectivity index (χ2v) is 16.1.